The third-order valence-electron chi connectivity index (χ3n) is 3.77. The van der Waals surface area contributed by atoms with Crippen LogP contribution < -0.4 is 9.47 Å². The summed E-state index contributed by atoms with van der Waals surface area (Å²) in [6.07, 6.45) is 0.745. The number of rotatable bonds is 5. The fourth-order valence-electron chi connectivity index (χ4n) is 2.43. The molecule has 0 unspecified atom stereocenters. The Morgan fingerprint density at radius 2 is 2.05 bits per heavy atom. The Labute approximate surface area is 123 Å². The van der Waals surface area contributed by atoms with Crippen LogP contribution in [0.3, 0.4) is 0 Å². The number of amides is 1. The second-order valence-corrected chi connectivity index (χ2v) is 5.17. The summed E-state index contributed by atoms with van der Waals surface area (Å²) in [4.78, 5) is 12.3. The fourth-order valence-corrected chi connectivity index (χ4v) is 2.43. The molecule has 0 spiro atoms. The molecule has 1 aliphatic heterocycles. The molecule has 0 atom stereocenters. The number of likely N-dealkylation sites (tertiary alicyclic amines) is 1. The number of carbonyl (C=O) groups is 1. The van der Waals surface area contributed by atoms with Gasteiger partial charge in [0.15, 0.2) is 11.5 Å². The number of nitrogens with zero attached hydrogens (tertiary/aromatic N) is 1. The zero-order valence-corrected chi connectivity index (χ0v) is 12.1. The molecule has 1 amide bonds. The molecule has 1 fully saturated rings. The van der Waals surface area contributed by atoms with Crippen molar-refractivity contribution in [3.8, 4) is 11.5 Å². The van der Waals surface area contributed by atoms with Gasteiger partial charge in [-0.1, -0.05) is 6.07 Å². The van der Waals surface area contributed by atoms with Crippen molar-refractivity contribution >= 4 is 6.09 Å². The van der Waals surface area contributed by atoms with Crippen LogP contribution in [-0.2, 0) is 6.61 Å². The van der Waals surface area contributed by atoms with E-state index in [-0.39, 0.29) is 6.61 Å². The van der Waals surface area contributed by atoms with Crippen molar-refractivity contribution in [2.45, 2.75) is 19.4 Å². The predicted molar refractivity (Wildman–Crippen MR) is 76.7 cm³/mol. The van der Waals surface area contributed by atoms with Crippen LogP contribution in [0.1, 0.15) is 18.4 Å². The highest BCUT2D eigenvalue weighted by molar-refractivity contribution is 5.64. The van der Waals surface area contributed by atoms with Gasteiger partial charge >= 0.3 is 6.09 Å². The van der Waals surface area contributed by atoms with E-state index in [2.05, 4.69) is 0 Å². The van der Waals surface area contributed by atoms with Crippen molar-refractivity contribution in [3.63, 3.8) is 0 Å². The van der Waals surface area contributed by atoms with Crippen LogP contribution in [-0.4, -0.2) is 48.0 Å². The largest absolute Gasteiger partial charge is 0.493 e. The quantitative estimate of drug-likeness (QED) is 0.868. The molecule has 1 heterocycles. The summed E-state index contributed by atoms with van der Waals surface area (Å²) in [7, 11) is 1.58. The molecule has 116 valence electrons. The van der Waals surface area contributed by atoms with Crippen molar-refractivity contribution in [2.24, 2.45) is 5.92 Å². The molecule has 1 aliphatic rings. The van der Waals surface area contributed by atoms with Gasteiger partial charge < -0.3 is 24.6 Å². The number of piperidine rings is 1. The smallest absolute Gasteiger partial charge is 0.407 e. The van der Waals surface area contributed by atoms with Gasteiger partial charge in [-0.15, -0.1) is 0 Å². The summed E-state index contributed by atoms with van der Waals surface area (Å²) < 4.78 is 11.0. The van der Waals surface area contributed by atoms with E-state index in [1.165, 1.54) is 4.90 Å². The number of benzene rings is 1. The first-order valence-electron chi connectivity index (χ1n) is 7.02. The van der Waals surface area contributed by atoms with Crippen LogP contribution in [0.4, 0.5) is 4.79 Å². The Kier molecular flexibility index (Phi) is 5.27. The molecule has 0 radical (unpaired) electrons. The monoisotopic (exact) mass is 295 g/mol. The molecule has 1 saturated heterocycles. The average Bonchev–Trinajstić information content (AvgIpc) is 2.52. The van der Waals surface area contributed by atoms with Crippen molar-refractivity contribution in [1.29, 1.82) is 0 Å². The number of hydrogen-bond donors (Lipinski definition) is 2. The minimum Gasteiger partial charge on any atom is -0.493 e. The first-order valence-corrected chi connectivity index (χ1v) is 7.02. The molecule has 6 nitrogen and oxygen atoms in total. The molecule has 0 bridgehead atoms. The van der Waals surface area contributed by atoms with Crippen LogP contribution in [0.25, 0.3) is 0 Å². The Balaban J connectivity index is 1.90. The molecule has 21 heavy (non-hydrogen) atoms. The highest BCUT2D eigenvalue weighted by Crippen LogP contribution is 2.29. The van der Waals surface area contributed by atoms with Gasteiger partial charge in [-0.2, -0.15) is 0 Å². The third-order valence-corrected chi connectivity index (χ3v) is 3.77. The van der Waals surface area contributed by atoms with Crippen LogP contribution >= 0.6 is 0 Å². The minimum absolute atomic E-state index is 0.0443. The van der Waals surface area contributed by atoms with E-state index in [0.29, 0.717) is 37.1 Å². The van der Waals surface area contributed by atoms with Gasteiger partial charge in [0.1, 0.15) is 0 Å². The van der Waals surface area contributed by atoms with Crippen molar-refractivity contribution in [2.75, 3.05) is 26.8 Å². The minimum atomic E-state index is -0.855. The number of aliphatic hydroxyl groups is 1. The second-order valence-electron chi connectivity index (χ2n) is 5.17. The Hall–Kier alpha value is -1.95. The van der Waals surface area contributed by atoms with Gasteiger partial charge in [0, 0.05) is 13.1 Å². The predicted octanol–water partition coefficient (Wildman–Crippen LogP) is 1.96. The average molecular weight is 295 g/mol. The van der Waals surface area contributed by atoms with Gasteiger partial charge in [0.25, 0.3) is 0 Å². The molecule has 0 aliphatic carbocycles. The van der Waals surface area contributed by atoms with Crippen molar-refractivity contribution in [1.82, 2.24) is 4.90 Å². The van der Waals surface area contributed by atoms with Crippen LogP contribution in [0, 0.1) is 5.92 Å². The maximum atomic E-state index is 10.8. The Morgan fingerprint density at radius 1 is 1.33 bits per heavy atom. The van der Waals surface area contributed by atoms with Crippen LogP contribution in [0.15, 0.2) is 18.2 Å². The first kappa shape index (κ1) is 15.4. The molecule has 0 saturated carbocycles. The summed E-state index contributed by atoms with van der Waals surface area (Å²) in [5.74, 6) is 1.59. The number of carboxylic acid groups (broad SMARTS) is 1. The summed E-state index contributed by atoms with van der Waals surface area (Å²) in [5, 5.41) is 18.1. The molecule has 2 rings (SSSR count). The van der Waals surface area contributed by atoms with E-state index < -0.39 is 6.09 Å². The number of ether oxygens (including phenoxy) is 2. The third kappa shape index (κ3) is 4.01. The van der Waals surface area contributed by atoms with Gasteiger partial charge in [-0.05, 0) is 36.5 Å². The van der Waals surface area contributed by atoms with E-state index in [0.717, 1.165) is 18.4 Å². The van der Waals surface area contributed by atoms with E-state index in [1.807, 2.05) is 0 Å². The van der Waals surface area contributed by atoms with E-state index >= 15 is 0 Å². The van der Waals surface area contributed by atoms with Gasteiger partial charge in [0.2, 0.25) is 0 Å². The normalized spacial score (nSPS) is 15.8. The zero-order valence-electron chi connectivity index (χ0n) is 12.1. The Morgan fingerprint density at radius 3 is 2.62 bits per heavy atom. The highest BCUT2D eigenvalue weighted by Gasteiger charge is 2.23. The zero-order chi connectivity index (χ0) is 15.2. The van der Waals surface area contributed by atoms with Gasteiger partial charge in [-0.3, -0.25) is 0 Å². The Bertz CT molecular complexity index is 483. The lowest BCUT2D eigenvalue weighted by molar-refractivity contribution is 0.111. The number of aliphatic hydroxyl groups excluding tert-OH is 1. The van der Waals surface area contributed by atoms with Crippen LogP contribution in [0.5, 0.6) is 11.5 Å². The molecule has 0 aromatic heterocycles. The van der Waals surface area contributed by atoms with E-state index in [1.54, 1.807) is 25.3 Å². The molecular weight excluding hydrogens is 274 g/mol. The molecular formula is C15H21NO5. The maximum absolute atomic E-state index is 10.8. The lowest BCUT2D eigenvalue weighted by atomic mass is 9.98. The number of hydrogen-bond acceptors (Lipinski definition) is 4. The van der Waals surface area contributed by atoms with Crippen LogP contribution in [0.2, 0.25) is 0 Å². The van der Waals surface area contributed by atoms with E-state index in [4.69, 9.17) is 19.7 Å². The molecule has 1 aromatic carbocycles. The molecule has 1 aromatic rings. The summed E-state index contributed by atoms with van der Waals surface area (Å²) in [5.41, 5.74) is 0.770. The second kappa shape index (κ2) is 7.17. The highest BCUT2D eigenvalue weighted by atomic mass is 16.5. The summed E-state index contributed by atoms with van der Waals surface area (Å²) >= 11 is 0. The maximum Gasteiger partial charge on any atom is 0.407 e. The number of methoxy groups -OCH3 is 1. The molecule has 2 N–H and O–H groups in total. The summed E-state index contributed by atoms with van der Waals surface area (Å²) in [6, 6.07) is 5.33. The topological polar surface area (TPSA) is 79.2 Å². The van der Waals surface area contributed by atoms with Crippen molar-refractivity contribution < 1.29 is 24.5 Å². The summed E-state index contributed by atoms with van der Waals surface area (Å²) in [6.45, 7) is 1.59. The lowest BCUT2D eigenvalue weighted by Crippen LogP contribution is -2.38. The van der Waals surface area contributed by atoms with Gasteiger partial charge in [0.05, 0.1) is 20.3 Å². The first-order chi connectivity index (χ1) is 10.1. The van der Waals surface area contributed by atoms with E-state index in [9.17, 15) is 4.79 Å². The SMILES string of the molecule is COc1ccc(CO)cc1OCC1CCN(C(=O)O)CC1. The molecule has 6 heteroatoms. The van der Waals surface area contributed by atoms with Gasteiger partial charge in [-0.25, -0.2) is 4.79 Å². The van der Waals surface area contributed by atoms with Crippen molar-refractivity contribution in [3.05, 3.63) is 23.8 Å². The lowest BCUT2D eigenvalue weighted by Gasteiger charge is -2.29. The fraction of sp³-hybridized carbons (Fsp3) is 0.533. The standard InChI is InChI=1S/C15H21NO5/c1-20-13-3-2-12(9-17)8-14(13)21-10-11-4-6-16(7-5-11)15(18)19/h2-3,8,11,17H,4-7,9-10H2,1H3,(H,18,19).